The second kappa shape index (κ2) is 6.65. The Morgan fingerprint density at radius 2 is 1.54 bits per heavy atom. The fraction of sp³-hybridized carbons (Fsp3) is 0. The number of carbonyl (C=O) groups excluding carboxylic acids is 2. The summed E-state index contributed by atoms with van der Waals surface area (Å²) in [6.07, 6.45) is 0. The van der Waals surface area contributed by atoms with Gasteiger partial charge in [-0.1, -0.05) is 52.5 Å². The largest absolute Gasteiger partial charge is 0.350 e. The summed E-state index contributed by atoms with van der Waals surface area (Å²) in [5.74, 6) is -1.29. The lowest BCUT2D eigenvalue weighted by Crippen LogP contribution is -2.32. The van der Waals surface area contributed by atoms with Crippen LogP contribution in [0, 0.1) is 0 Å². The Morgan fingerprint density at radius 1 is 0.833 bits per heavy atom. The van der Waals surface area contributed by atoms with Gasteiger partial charge in [-0.25, -0.2) is 4.90 Å². The molecule has 1 aliphatic rings. The highest BCUT2D eigenvalue weighted by Gasteiger charge is 2.39. The number of anilines is 2. The van der Waals surface area contributed by atoms with Crippen molar-refractivity contribution in [1.29, 1.82) is 0 Å². The summed E-state index contributed by atoms with van der Waals surface area (Å²) in [5.41, 5.74) is 0.688. The van der Waals surface area contributed by atoms with Crippen LogP contribution < -0.4 is 10.2 Å². The maximum absolute atomic E-state index is 12.6. The van der Waals surface area contributed by atoms with Gasteiger partial charge in [0.15, 0.2) is 0 Å². The van der Waals surface area contributed by atoms with Crippen molar-refractivity contribution in [3.8, 4) is 0 Å². The number of hydrogen-bond donors (Lipinski definition) is 1. The molecular weight excluding hydrogens is 394 g/mol. The van der Waals surface area contributed by atoms with E-state index in [0.717, 1.165) is 4.90 Å². The molecule has 2 aromatic carbocycles. The molecule has 0 fully saturated rings. The third kappa shape index (κ3) is 3.10. The van der Waals surface area contributed by atoms with Crippen LogP contribution in [0.25, 0.3) is 0 Å². The van der Waals surface area contributed by atoms with E-state index in [1.807, 2.05) is 0 Å². The van der Waals surface area contributed by atoms with Gasteiger partial charge in [-0.05, 0) is 36.4 Å². The number of halogens is 4. The second-order valence-electron chi connectivity index (χ2n) is 4.87. The van der Waals surface area contributed by atoms with Crippen LogP contribution in [0.1, 0.15) is 0 Å². The van der Waals surface area contributed by atoms with Gasteiger partial charge >= 0.3 is 0 Å². The number of nitrogens with zero attached hydrogens (tertiary/aromatic N) is 1. The third-order valence-corrected chi connectivity index (χ3v) is 4.40. The van der Waals surface area contributed by atoms with Gasteiger partial charge in [0.25, 0.3) is 11.8 Å². The fourth-order valence-corrected chi connectivity index (χ4v) is 3.10. The maximum Gasteiger partial charge on any atom is 0.283 e. The van der Waals surface area contributed by atoms with E-state index in [9.17, 15) is 9.59 Å². The number of amides is 2. The minimum Gasteiger partial charge on any atom is -0.350 e. The van der Waals surface area contributed by atoms with Crippen molar-refractivity contribution >= 4 is 69.6 Å². The van der Waals surface area contributed by atoms with Gasteiger partial charge in [0, 0.05) is 15.7 Å². The molecule has 0 aliphatic carbocycles. The number of imide groups is 1. The van der Waals surface area contributed by atoms with Crippen LogP contribution in [-0.2, 0) is 9.59 Å². The minimum atomic E-state index is -0.671. The standard InChI is InChI=1S/C16H8Cl4N2O2/c17-8-2-1-3-10(6-8)21-14-13(20)15(23)22(16(14)24)12-5-4-9(18)7-11(12)19/h1-7,21H. The molecule has 0 aromatic heterocycles. The number of benzene rings is 2. The number of hydrogen-bond acceptors (Lipinski definition) is 3. The Kier molecular flexibility index (Phi) is 4.74. The number of rotatable bonds is 3. The van der Waals surface area contributed by atoms with Crippen molar-refractivity contribution in [3.63, 3.8) is 0 Å². The van der Waals surface area contributed by atoms with Gasteiger partial charge in [-0.2, -0.15) is 0 Å². The summed E-state index contributed by atoms with van der Waals surface area (Å²) in [6, 6.07) is 11.1. The summed E-state index contributed by atoms with van der Waals surface area (Å²) in [5, 5.41) is 3.62. The summed E-state index contributed by atoms with van der Waals surface area (Å²) in [7, 11) is 0. The van der Waals surface area contributed by atoms with Crippen molar-refractivity contribution in [1.82, 2.24) is 0 Å². The van der Waals surface area contributed by atoms with Crippen molar-refractivity contribution < 1.29 is 9.59 Å². The van der Waals surface area contributed by atoms with Gasteiger partial charge < -0.3 is 5.32 Å². The monoisotopic (exact) mass is 400 g/mol. The molecule has 2 amide bonds. The lowest BCUT2D eigenvalue weighted by molar-refractivity contribution is -0.120. The predicted molar refractivity (Wildman–Crippen MR) is 96.9 cm³/mol. The molecule has 0 atom stereocenters. The fourth-order valence-electron chi connectivity index (χ4n) is 2.20. The zero-order valence-electron chi connectivity index (χ0n) is 11.8. The van der Waals surface area contributed by atoms with E-state index in [1.54, 1.807) is 24.3 Å². The topological polar surface area (TPSA) is 49.4 Å². The van der Waals surface area contributed by atoms with Crippen molar-refractivity contribution in [2.75, 3.05) is 10.2 Å². The summed E-state index contributed by atoms with van der Waals surface area (Å²) in [4.78, 5) is 25.9. The average Bonchev–Trinajstić information content (AvgIpc) is 2.72. The average molecular weight is 402 g/mol. The van der Waals surface area contributed by atoms with E-state index in [2.05, 4.69) is 5.32 Å². The Bertz CT molecular complexity index is 895. The van der Waals surface area contributed by atoms with E-state index >= 15 is 0 Å². The van der Waals surface area contributed by atoms with Gasteiger partial charge in [0.1, 0.15) is 10.7 Å². The Morgan fingerprint density at radius 3 is 2.21 bits per heavy atom. The molecule has 0 radical (unpaired) electrons. The van der Waals surface area contributed by atoms with E-state index in [1.165, 1.54) is 18.2 Å². The van der Waals surface area contributed by atoms with Crippen LogP contribution in [0.4, 0.5) is 11.4 Å². The number of nitrogens with one attached hydrogen (secondary N) is 1. The SMILES string of the molecule is O=C1C(Cl)=C(Nc2cccc(Cl)c2)C(=O)N1c1ccc(Cl)cc1Cl. The highest BCUT2D eigenvalue weighted by atomic mass is 35.5. The van der Waals surface area contributed by atoms with E-state index in [0.29, 0.717) is 15.7 Å². The van der Waals surface area contributed by atoms with E-state index in [-0.39, 0.29) is 21.4 Å². The van der Waals surface area contributed by atoms with Crippen LogP contribution in [0.5, 0.6) is 0 Å². The minimum absolute atomic E-state index is 0.0463. The first-order valence-corrected chi connectivity index (χ1v) is 8.16. The molecule has 0 spiro atoms. The van der Waals surface area contributed by atoms with Crippen molar-refractivity contribution in [2.24, 2.45) is 0 Å². The lowest BCUT2D eigenvalue weighted by atomic mass is 10.3. The molecular formula is C16H8Cl4N2O2. The van der Waals surface area contributed by atoms with Crippen LogP contribution in [0.2, 0.25) is 15.1 Å². The molecule has 122 valence electrons. The molecule has 24 heavy (non-hydrogen) atoms. The Balaban J connectivity index is 1.95. The van der Waals surface area contributed by atoms with Gasteiger partial charge in [0.2, 0.25) is 0 Å². The van der Waals surface area contributed by atoms with Crippen LogP contribution in [0.15, 0.2) is 53.2 Å². The molecule has 2 aromatic rings. The molecule has 1 heterocycles. The quantitative estimate of drug-likeness (QED) is 0.729. The van der Waals surface area contributed by atoms with Crippen molar-refractivity contribution in [3.05, 3.63) is 68.3 Å². The molecule has 0 bridgehead atoms. The lowest BCUT2D eigenvalue weighted by Gasteiger charge is -2.16. The normalized spacial score (nSPS) is 14.6. The molecule has 4 nitrogen and oxygen atoms in total. The first-order chi connectivity index (χ1) is 11.4. The van der Waals surface area contributed by atoms with Gasteiger partial charge in [-0.15, -0.1) is 0 Å². The molecule has 1 N–H and O–H groups in total. The number of carbonyl (C=O) groups is 2. The van der Waals surface area contributed by atoms with Gasteiger partial charge in [-0.3, -0.25) is 9.59 Å². The Hall–Kier alpha value is -1.72. The molecule has 0 saturated carbocycles. The predicted octanol–water partition coefficient (Wildman–Crippen LogP) is 5.08. The molecule has 1 aliphatic heterocycles. The molecule has 0 saturated heterocycles. The van der Waals surface area contributed by atoms with E-state index in [4.69, 9.17) is 46.4 Å². The first kappa shape index (κ1) is 17.1. The zero-order chi connectivity index (χ0) is 17.4. The summed E-state index contributed by atoms with van der Waals surface area (Å²) in [6.45, 7) is 0. The maximum atomic E-state index is 12.6. The van der Waals surface area contributed by atoms with Crippen LogP contribution >= 0.6 is 46.4 Å². The first-order valence-electron chi connectivity index (χ1n) is 6.64. The van der Waals surface area contributed by atoms with Gasteiger partial charge in [0.05, 0.1) is 10.7 Å². The molecule has 0 unspecified atom stereocenters. The summed E-state index contributed by atoms with van der Waals surface area (Å²) >= 11 is 23.9. The second-order valence-corrected chi connectivity index (χ2v) is 6.52. The molecule has 3 rings (SSSR count). The smallest absolute Gasteiger partial charge is 0.283 e. The molecule has 8 heteroatoms. The van der Waals surface area contributed by atoms with Crippen LogP contribution in [-0.4, -0.2) is 11.8 Å². The van der Waals surface area contributed by atoms with Crippen molar-refractivity contribution in [2.45, 2.75) is 0 Å². The highest BCUT2D eigenvalue weighted by Crippen LogP contribution is 2.35. The highest BCUT2D eigenvalue weighted by molar-refractivity contribution is 6.54. The summed E-state index contributed by atoms with van der Waals surface area (Å²) < 4.78 is 0. The third-order valence-electron chi connectivity index (χ3n) is 3.27. The van der Waals surface area contributed by atoms with Crippen LogP contribution in [0.3, 0.4) is 0 Å². The zero-order valence-corrected chi connectivity index (χ0v) is 14.8. The Labute approximate surface area is 157 Å². The van der Waals surface area contributed by atoms with E-state index < -0.39 is 11.8 Å².